The van der Waals surface area contributed by atoms with Crippen molar-refractivity contribution in [1.29, 1.82) is 0 Å². The zero-order valence-corrected chi connectivity index (χ0v) is 19.6. The summed E-state index contributed by atoms with van der Waals surface area (Å²) in [5.74, 6) is 0.976. The number of nitrogens with zero attached hydrogens (tertiary/aromatic N) is 3. The monoisotopic (exact) mass is 469 g/mol. The Morgan fingerprint density at radius 1 is 1.18 bits per heavy atom. The van der Waals surface area contributed by atoms with Crippen LogP contribution in [0.5, 0.6) is 0 Å². The van der Waals surface area contributed by atoms with Gasteiger partial charge in [-0.2, -0.15) is 4.98 Å². The molecule has 1 N–H and O–H groups in total. The number of ether oxygens (including phenoxy) is 1. The van der Waals surface area contributed by atoms with Crippen LogP contribution in [-0.4, -0.2) is 45.0 Å². The lowest BCUT2D eigenvalue weighted by Gasteiger charge is -2.38. The van der Waals surface area contributed by atoms with Gasteiger partial charge in [-0.25, -0.2) is 4.79 Å². The number of carboxylic acid groups (broad SMARTS) is 1. The molecule has 7 nitrogen and oxygen atoms in total. The number of hydrogen-bond donors (Lipinski definition) is 1. The van der Waals surface area contributed by atoms with Crippen molar-refractivity contribution in [3.8, 4) is 22.8 Å². The second-order valence-electron chi connectivity index (χ2n) is 8.77. The van der Waals surface area contributed by atoms with Crippen LogP contribution in [0, 0.1) is 0 Å². The molecule has 0 aliphatic carbocycles. The molecular weight excluding hydrogens is 442 g/mol. The van der Waals surface area contributed by atoms with E-state index >= 15 is 0 Å². The minimum atomic E-state index is -1.21. The van der Waals surface area contributed by atoms with E-state index in [1.54, 1.807) is 0 Å². The summed E-state index contributed by atoms with van der Waals surface area (Å²) >= 11 is 6.39. The Labute approximate surface area is 198 Å². The highest BCUT2D eigenvalue weighted by atomic mass is 35.5. The fourth-order valence-electron chi connectivity index (χ4n) is 4.12. The average molecular weight is 470 g/mol. The lowest BCUT2D eigenvalue weighted by Crippen LogP contribution is -2.44. The van der Waals surface area contributed by atoms with Gasteiger partial charge in [0.25, 0.3) is 5.89 Å². The highest BCUT2D eigenvalue weighted by molar-refractivity contribution is 6.31. The van der Waals surface area contributed by atoms with Gasteiger partial charge in [-0.3, -0.25) is 4.90 Å². The maximum atomic E-state index is 10.9. The van der Waals surface area contributed by atoms with Gasteiger partial charge in [-0.15, -0.1) is 0 Å². The molecule has 1 saturated heterocycles. The molecule has 8 heteroatoms. The predicted octanol–water partition coefficient (Wildman–Crippen LogP) is 6.06. The molecular formula is C25H28ClN3O4. The van der Waals surface area contributed by atoms with Crippen LogP contribution in [-0.2, 0) is 17.7 Å². The summed E-state index contributed by atoms with van der Waals surface area (Å²) in [6.45, 7) is 6.36. The van der Waals surface area contributed by atoms with E-state index in [2.05, 4.69) is 34.1 Å². The molecule has 3 aromatic rings. The number of hydrogen-bond acceptors (Lipinski definition) is 6. The van der Waals surface area contributed by atoms with Gasteiger partial charge in [0.1, 0.15) is 5.60 Å². The fourth-order valence-corrected chi connectivity index (χ4v) is 4.40. The van der Waals surface area contributed by atoms with Gasteiger partial charge in [0.15, 0.2) is 0 Å². The van der Waals surface area contributed by atoms with E-state index < -0.39 is 11.8 Å². The van der Waals surface area contributed by atoms with E-state index in [-0.39, 0.29) is 0 Å². The molecule has 0 saturated carbocycles. The van der Waals surface area contributed by atoms with E-state index in [0.717, 1.165) is 49.2 Å². The molecule has 174 valence electrons. The summed E-state index contributed by atoms with van der Waals surface area (Å²) in [5.41, 5.74) is 3.38. The second-order valence-corrected chi connectivity index (χ2v) is 9.18. The Hall–Kier alpha value is -2.90. The average Bonchev–Trinajstić information content (AvgIpc) is 3.27. The van der Waals surface area contributed by atoms with Crippen LogP contribution in [0.3, 0.4) is 0 Å². The van der Waals surface area contributed by atoms with Crippen LogP contribution in [0.25, 0.3) is 22.8 Å². The molecule has 33 heavy (non-hydrogen) atoms. The van der Waals surface area contributed by atoms with Crippen molar-refractivity contribution in [2.24, 2.45) is 0 Å². The minimum absolute atomic E-state index is 0.443. The minimum Gasteiger partial charge on any atom is -0.450 e. The lowest BCUT2D eigenvalue weighted by atomic mass is 9.93. The fraction of sp³-hybridized carbons (Fsp3) is 0.400. The molecule has 2 heterocycles. The normalized spacial score (nSPS) is 16.0. The molecule has 0 unspecified atom stereocenters. The van der Waals surface area contributed by atoms with Crippen molar-refractivity contribution >= 4 is 17.8 Å². The SMILES string of the molecule is CCCc1ccc(-c2nc(-c3ccc(CN4CCC(C)(OC(=O)O)CC4)cc3)no2)cc1Cl. The highest BCUT2D eigenvalue weighted by Crippen LogP contribution is 2.29. The van der Waals surface area contributed by atoms with Gasteiger partial charge in [0, 0.05) is 35.8 Å². The van der Waals surface area contributed by atoms with Crippen LogP contribution >= 0.6 is 11.6 Å². The molecule has 0 amide bonds. The standard InChI is InChI=1S/C25H28ClN3O4/c1-3-4-18-9-10-20(15-21(18)26)23-27-22(28-33-23)19-7-5-17(6-8-19)16-29-13-11-25(2,12-14-29)32-24(30)31/h5-10,15H,3-4,11-14,16H2,1-2H3,(H,30,31). The summed E-state index contributed by atoms with van der Waals surface area (Å²) in [5, 5.41) is 13.8. The molecule has 0 bridgehead atoms. The first kappa shape index (κ1) is 23.3. The van der Waals surface area contributed by atoms with Crippen molar-refractivity contribution in [1.82, 2.24) is 15.0 Å². The number of carbonyl (C=O) groups is 1. The number of piperidine rings is 1. The zero-order valence-electron chi connectivity index (χ0n) is 18.9. The number of aromatic nitrogens is 2. The smallest absolute Gasteiger partial charge is 0.450 e. The summed E-state index contributed by atoms with van der Waals surface area (Å²) in [7, 11) is 0. The Morgan fingerprint density at radius 2 is 1.88 bits per heavy atom. The molecule has 1 aromatic heterocycles. The van der Waals surface area contributed by atoms with Crippen molar-refractivity contribution in [2.75, 3.05) is 13.1 Å². The number of benzene rings is 2. The third-order valence-corrected chi connectivity index (χ3v) is 6.46. The van der Waals surface area contributed by atoms with E-state index in [4.69, 9.17) is 26.0 Å². The van der Waals surface area contributed by atoms with Gasteiger partial charge in [0.2, 0.25) is 5.82 Å². The number of aryl methyl sites for hydroxylation is 1. The molecule has 0 radical (unpaired) electrons. The van der Waals surface area contributed by atoms with Crippen LogP contribution in [0.15, 0.2) is 47.0 Å². The molecule has 0 atom stereocenters. The van der Waals surface area contributed by atoms with E-state index in [1.807, 2.05) is 37.3 Å². The van der Waals surface area contributed by atoms with Gasteiger partial charge < -0.3 is 14.4 Å². The van der Waals surface area contributed by atoms with E-state index in [9.17, 15) is 4.79 Å². The van der Waals surface area contributed by atoms with Crippen molar-refractivity contribution in [3.63, 3.8) is 0 Å². The van der Waals surface area contributed by atoms with Crippen molar-refractivity contribution in [3.05, 3.63) is 58.6 Å². The van der Waals surface area contributed by atoms with Gasteiger partial charge in [0.05, 0.1) is 0 Å². The van der Waals surface area contributed by atoms with Crippen LogP contribution in [0.4, 0.5) is 4.79 Å². The van der Waals surface area contributed by atoms with Crippen molar-refractivity contribution < 1.29 is 19.2 Å². The molecule has 1 aliphatic heterocycles. The maximum Gasteiger partial charge on any atom is 0.506 e. The Balaban J connectivity index is 1.38. The quantitative estimate of drug-likeness (QED) is 0.420. The van der Waals surface area contributed by atoms with Crippen LogP contribution < -0.4 is 0 Å². The Morgan fingerprint density at radius 3 is 2.52 bits per heavy atom. The third kappa shape index (κ3) is 5.72. The predicted molar refractivity (Wildman–Crippen MR) is 126 cm³/mol. The largest absolute Gasteiger partial charge is 0.506 e. The molecule has 1 fully saturated rings. The molecule has 0 spiro atoms. The van der Waals surface area contributed by atoms with Crippen LogP contribution in [0.2, 0.25) is 5.02 Å². The maximum absolute atomic E-state index is 10.9. The first-order valence-electron chi connectivity index (χ1n) is 11.2. The lowest BCUT2D eigenvalue weighted by molar-refractivity contribution is -0.0454. The zero-order chi connectivity index (χ0) is 23.4. The van der Waals surface area contributed by atoms with Gasteiger partial charge in [-0.1, -0.05) is 60.4 Å². The number of likely N-dealkylation sites (tertiary alicyclic amines) is 1. The van der Waals surface area contributed by atoms with E-state index in [1.165, 1.54) is 5.56 Å². The number of rotatable bonds is 7. The molecule has 4 rings (SSSR count). The first-order chi connectivity index (χ1) is 15.8. The highest BCUT2D eigenvalue weighted by Gasteiger charge is 2.33. The summed E-state index contributed by atoms with van der Waals surface area (Å²) in [4.78, 5) is 17.7. The van der Waals surface area contributed by atoms with Crippen molar-refractivity contribution in [2.45, 2.75) is 51.7 Å². The molecule has 2 aromatic carbocycles. The van der Waals surface area contributed by atoms with Gasteiger partial charge >= 0.3 is 6.16 Å². The summed E-state index contributed by atoms with van der Waals surface area (Å²) < 4.78 is 10.5. The van der Waals surface area contributed by atoms with E-state index in [0.29, 0.717) is 29.6 Å². The summed E-state index contributed by atoms with van der Waals surface area (Å²) in [6, 6.07) is 13.9. The number of halogens is 1. The second kappa shape index (κ2) is 9.93. The van der Waals surface area contributed by atoms with Crippen LogP contribution in [0.1, 0.15) is 44.2 Å². The third-order valence-electron chi connectivity index (χ3n) is 6.11. The first-order valence-corrected chi connectivity index (χ1v) is 11.6. The topological polar surface area (TPSA) is 88.7 Å². The Bertz CT molecular complexity index is 1110. The Kier molecular flexibility index (Phi) is 7.00. The van der Waals surface area contributed by atoms with Gasteiger partial charge in [-0.05, 0) is 49.4 Å². The molecule has 1 aliphatic rings. The summed E-state index contributed by atoms with van der Waals surface area (Å²) in [6.07, 6.45) is 2.14.